The molecule has 2 aromatic carbocycles. The van der Waals surface area contributed by atoms with Crippen molar-refractivity contribution in [3.63, 3.8) is 0 Å². The van der Waals surface area contributed by atoms with Crippen molar-refractivity contribution in [2.75, 3.05) is 10.7 Å². The summed E-state index contributed by atoms with van der Waals surface area (Å²) in [4.78, 5) is 0. The van der Waals surface area contributed by atoms with Crippen LogP contribution in [0.2, 0.25) is 5.02 Å². The van der Waals surface area contributed by atoms with Gasteiger partial charge in [0.25, 0.3) is 0 Å². The molecule has 0 radical (unpaired) electrons. The predicted molar refractivity (Wildman–Crippen MR) is 95.6 cm³/mol. The molecule has 0 atom stereocenters. The molecular weight excluding hydrogens is 418 g/mol. The van der Waals surface area contributed by atoms with E-state index in [1.54, 1.807) is 12.1 Å². The minimum atomic E-state index is -0.249. The quantitative estimate of drug-likeness (QED) is 0.502. The summed E-state index contributed by atoms with van der Waals surface area (Å²) in [6.07, 6.45) is 0.607. The van der Waals surface area contributed by atoms with Crippen LogP contribution in [0.5, 0.6) is 0 Å². The molecule has 0 aromatic heterocycles. The lowest BCUT2D eigenvalue weighted by Crippen LogP contribution is -2.33. The second kappa shape index (κ2) is 7.26. The van der Waals surface area contributed by atoms with Crippen molar-refractivity contribution in [3.8, 4) is 0 Å². The molecule has 21 heavy (non-hydrogen) atoms. The minimum Gasteiger partial charge on any atom is -0.207 e. The first kappa shape index (κ1) is 17.0. The van der Waals surface area contributed by atoms with E-state index < -0.39 is 0 Å². The van der Waals surface area contributed by atoms with Gasteiger partial charge in [0.1, 0.15) is 5.82 Å². The van der Waals surface area contributed by atoms with Crippen LogP contribution in [-0.4, -0.2) is 10.7 Å². The highest BCUT2D eigenvalue weighted by atomic mass is 79.9. The topological polar surface area (TPSA) is 0 Å². The fraction of sp³-hybridized carbons (Fsp3) is 0.294. The first-order chi connectivity index (χ1) is 10.0. The molecule has 0 saturated heterocycles. The summed E-state index contributed by atoms with van der Waals surface area (Å²) in [6, 6.07) is 13.3. The lowest BCUT2D eigenvalue weighted by atomic mass is 9.78. The Morgan fingerprint density at radius 2 is 1.81 bits per heavy atom. The number of aryl methyl sites for hydroxylation is 1. The lowest BCUT2D eigenvalue weighted by molar-refractivity contribution is 0.522. The van der Waals surface area contributed by atoms with Crippen molar-refractivity contribution in [3.05, 3.63) is 70.0 Å². The van der Waals surface area contributed by atoms with Gasteiger partial charge in [0, 0.05) is 21.1 Å². The molecule has 0 amide bonds. The summed E-state index contributed by atoms with van der Waals surface area (Å²) < 4.78 is 14.1. The van der Waals surface area contributed by atoms with Crippen LogP contribution in [0.3, 0.4) is 0 Å². The van der Waals surface area contributed by atoms with E-state index in [2.05, 4.69) is 57.0 Å². The van der Waals surface area contributed by atoms with E-state index >= 15 is 0 Å². The van der Waals surface area contributed by atoms with Crippen LogP contribution in [0.25, 0.3) is 0 Å². The fourth-order valence-corrected chi connectivity index (χ4v) is 4.52. The summed E-state index contributed by atoms with van der Waals surface area (Å²) in [6.45, 7) is 2.07. The van der Waals surface area contributed by atoms with E-state index in [-0.39, 0.29) is 11.2 Å². The highest BCUT2D eigenvalue weighted by Gasteiger charge is 2.31. The van der Waals surface area contributed by atoms with Gasteiger partial charge >= 0.3 is 0 Å². The first-order valence-electron chi connectivity index (χ1n) is 6.64. The van der Waals surface area contributed by atoms with Gasteiger partial charge in [-0.15, -0.1) is 0 Å². The molecule has 2 aromatic rings. The number of hydrogen-bond donors (Lipinski definition) is 0. The lowest BCUT2D eigenvalue weighted by Gasteiger charge is -2.31. The second-order valence-corrected chi connectivity index (χ2v) is 6.89. The molecule has 4 heteroatoms. The summed E-state index contributed by atoms with van der Waals surface area (Å²) in [5.41, 5.74) is 2.89. The predicted octanol–water partition coefficient (Wildman–Crippen LogP) is 6.06. The molecule has 112 valence electrons. The Bertz CT molecular complexity index is 624. The smallest absolute Gasteiger partial charge is 0.127 e. The molecule has 0 nitrogen and oxygen atoms in total. The van der Waals surface area contributed by atoms with Crippen LogP contribution in [-0.2, 0) is 11.8 Å². The normalized spacial score (nSPS) is 11.7. The van der Waals surface area contributed by atoms with Gasteiger partial charge in [-0.2, -0.15) is 0 Å². The average Bonchev–Trinajstić information content (AvgIpc) is 2.47. The van der Waals surface area contributed by atoms with E-state index in [0.717, 1.165) is 10.7 Å². The Morgan fingerprint density at radius 1 is 1.10 bits per heavy atom. The standard InChI is InChI=1S/C17H16Br2ClF/c1-12-3-2-4-14(7-12)17(10-18,11-19)9-13-5-6-15(20)8-16(13)21/h2-8H,9-11H2,1H3. The molecule has 0 bridgehead atoms. The molecule has 0 unspecified atom stereocenters. The molecule has 0 aliphatic rings. The Kier molecular flexibility index (Phi) is 5.87. The maximum Gasteiger partial charge on any atom is 0.127 e. The van der Waals surface area contributed by atoms with Crippen molar-refractivity contribution in [2.45, 2.75) is 18.8 Å². The number of hydrogen-bond acceptors (Lipinski definition) is 0. The van der Waals surface area contributed by atoms with Crippen molar-refractivity contribution in [1.82, 2.24) is 0 Å². The molecule has 2 rings (SSSR count). The first-order valence-corrected chi connectivity index (χ1v) is 9.26. The second-order valence-electron chi connectivity index (χ2n) is 5.33. The van der Waals surface area contributed by atoms with Crippen LogP contribution < -0.4 is 0 Å². The highest BCUT2D eigenvalue weighted by Crippen LogP contribution is 2.34. The molecule has 0 aliphatic heterocycles. The van der Waals surface area contributed by atoms with Crippen molar-refractivity contribution in [2.24, 2.45) is 0 Å². The molecule has 0 aliphatic carbocycles. The molecule has 0 spiro atoms. The van der Waals surface area contributed by atoms with Gasteiger partial charge in [-0.3, -0.25) is 0 Å². The number of alkyl halides is 2. The van der Waals surface area contributed by atoms with E-state index in [1.807, 2.05) is 6.07 Å². The van der Waals surface area contributed by atoms with Gasteiger partial charge < -0.3 is 0 Å². The number of halogens is 4. The zero-order valence-corrected chi connectivity index (χ0v) is 15.6. The maximum absolute atomic E-state index is 14.1. The Balaban J connectivity index is 2.43. The van der Waals surface area contributed by atoms with Crippen LogP contribution >= 0.6 is 43.5 Å². The van der Waals surface area contributed by atoms with Gasteiger partial charge in [-0.1, -0.05) is 79.4 Å². The average molecular weight is 435 g/mol. The van der Waals surface area contributed by atoms with Crippen LogP contribution in [0.4, 0.5) is 4.39 Å². The third kappa shape index (κ3) is 3.88. The number of rotatable bonds is 5. The van der Waals surface area contributed by atoms with Gasteiger partial charge in [0.05, 0.1) is 0 Å². The summed E-state index contributed by atoms with van der Waals surface area (Å²) in [7, 11) is 0. The third-order valence-corrected chi connectivity index (χ3v) is 6.07. The monoisotopic (exact) mass is 432 g/mol. The molecule has 0 N–H and O–H groups in total. The van der Waals surface area contributed by atoms with Gasteiger partial charge in [-0.05, 0) is 36.6 Å². The van der Waals surface area contributed by atoms with Crippen LogP contribution in [0, 0.1) is 12.7 Å². The zero-order chi connectivity index (χ0) is 15.5. The minimum absolute atomic E-state index is 0.194. The van der Waals surface area contributed by atoms with Crippen molar-refractivity contribution in [1.29, 1.82) is 0 Å². The molecule has 0 saturated carbocycles. The Labute approximate surface area is 147 Å². The Morgan fingerprint density at radius 3 is 2.38 bits per heavy atom. The largest absolute Gasteiger partial charge is 0.207 e. The van der Waals surface area contributed by atoms with Gasteiger partial charge in [0.2, 0.25) is 0 Å². The molecular formula is C17H16Br2ClF. The van der Waals surface area contributed by atoms with Crippen LogP contribution in [0.1, 0.15) is 16.7 Å². The Hall–Kier alpha value is -0.380. The summed E-state index contributed by atoms with van der Waals surface area (Å²) in [5, 5.41) is 1.92. The fourth-order valence-electron chi connectivity index (χ4n) is 2.39. The molecule has 0 fully saturated rings. The van der Waals surface area contributed by atoms with E-state index in [0.29, 0.717) is 17.0 Å². The highest BCUT2D eigenvalue weighted by molar-refractivity contribution is 9.09. The van der Waals surface area contributed by atoms with Crippen LogP contribution in [0.15, 0.2) is 42.5 Å². The van der Waals surface area contributed by atoms with E-state index in [9.17, 15) is 4.39 Å². The SMILES string of the molecule is Cc1cccc(C(CBr)(CBr)Cc2ccc(Cl)cc2F)c1. The summed E-state index contributed by atoms with van der Waals surface area (Å²) in [5.74, 6) is -0.249. The third-order valence-electron chi connectivity index (χ3n) is 3.69. The van der Waals surface area contributed by atoms with Gasteiger partial charge in [-0.25, -0.2) is 4.39 Å². The summed E-state index contributed by atoms with van der Waals surface area (Å²) >= 11 is 13.1. The van der Waals surface area contributed by atoms with Crippen molar-refractivity contribution < 1.29 is 4.39 Å². The van der Waals surface area contributed by atoms with E-state index in [1.165, 1.54) is 17.2 Å². The van der Waals surface area contributed by atoms with Gasteiger partial charge in [0.15, 0.2) is 0 Å². The maximum atomic E-state index is 14.1. The molecule has 0 heterocycles. The van der Waals surface area contributed by atoms with E-state index in [4.69, 9.17) is 11.6 Å². The van der Waals surface area contributed by atoms with Crippen molar-refractivity contribution >= 4 is 43.5 Å². The zero-order valence-electron chi connectivity index (χ0n) is 11.7. The number of benzene rings is 2.